The quantitative estimate of drug-likeness (QED) is 0.133. The SMILES string of the molecule is CC(C)(C)OC(=O)N1CCCCC1CN=C(N)c1ccc(OC[C@H](ON)C(=O)OC(c2ccccc2)c2ccccc2)cc1. The average Bonchev–Trinajstić information content (AvgIpc) is 3.03. The van der Waals surface area contributed by atoms with Gasteiger partial charge in [0.2, 0.25) is 6.10 Å². The van der Waals surface area contributed by atoms with E-state index in [2.05, 4.69) is 4.99 Å². The second kappa shape index (κ2) is 15.4. The molecule has 0 radical (unpaired) electrons. The van der Waals surface area contributed by atoms with Crippen LogP contribution in [0.4, 0.5) is 4.79 Å². The van der Waals surface area contributed by atoms with E-state index in [4.69, 9.17) is 30.7 Å². The third-order valence-corrected chi connectivity index (χ3v) is 7.14. The van der Waals surface area contributed by atoms with Gasteiger partial charge in [0.1, 0.15) is 23.8 Å². The molecule has 0 saturated carbocycles. The predicted octanol–water partition coefficient (Wildman–Crippen LogP) is 5.15. The van der Waals surface area contributed by atoms with Crippen LogP contribution in [0.5, 0.6) is 5.75 Å². The van der Waals surface area contributed by atoms with Gasteiger partial charge in [-0.05, 0) is 75.4 Å². The molecule has 1 aliphatic heterocycles. The molecule has 4 N–H and O–H groups in total. The molecule has 3 aromatic rings. The van der Waals surface area contributed by atoms with Crippen LogP contribution >= 0.6 is 0 Å². The maximum absolute atomic E-state index is 13.1. The number of esters is 1. The van der Waals surface area contributed by atoms with Crippen molar-refractivity contribution < 1.29 is 28.6 Å². The number of carbonyl (C=O) groups is 2. The minimum atomic E-state index is -1.15. The van der Waals surface area contributed by atoms with Crippen LogP contribution in [0.3, 0.4) is 0 Å². The molecular weight excluding hydrogens is 560 g/mol. The number of amides is 1. The molecule has 44 heavy (non-hydrogen) atoms. The Kier molecular flexibility index (Phi) is 11.3. The fourth-order valence-electron chi connectivity index (χ4n) is 4.88. The first-order valence-corrected chi connectivity index (χ1v) is 14.8. The van der Waals surface area contributed by atoms with Crippen LogP contribution in [0.25, 0.3) is 0 Å². The molecule has 0 bridgehead atoms. The first-order valence-electron chi connectivity index (χ1n) is 14.8. The molecule has 4 rings (SSSR count). The Labute approximate surface area is 258 Å². The highest BCUT2D eigenvalue weighted by molar-refractivity contribution is 5.97. The van der Waals surface area contributed by atoms with E-state index >= 15 is 0 Å². The molecule has 0 spiro atoms. The Balaban J connectivity index is 1.34. The molecule has 1 aliphatic rings. The number of carbonyl (C=O) groups excluding carboxylic acids is 2. The third kappa shape index (κ3) is 9.29. The van der Waals surface area contributed by atoms with Crippen molar-refractivity contribution >= 4 is 17.9 Å². The Morgan fingerprint density at radius 3 is 2.11 bits per heavy atom. The van der Waals surface area contributed by atoms with Crippen LogP contribution in [0.2, 0.25) is 0 Å². The zero-order valence-electron chi connectivity index (χ0n) is 25.6. The minimum absolute atomic E-state index is 0.0731. The van der Waals surface area contributed by atoms with Crippen LogP contribution < -0.4 is 16.4 Å². The van der Waals surface area contributed by atoms with E-state index in [9.17, 15) is 9.59 Å². The lowest BCUT2D eigenvalue weighted by Gasteiger charge is -2.36. The lowest BCUT2D eigenvalue weighted by molar-refractivity contribution is -0.163. The first kappa shape index (κ1) is 32.5. The summed E-state index contributed by atoms with van der Waals surface area (Å²) in [5, 5.41) is 0. The maximum atomic E-state index is 13.1. The van der Waals surface area contributed by atoms with E-state index in [-0.39, 0.29) is 18.7 Å². The van der Waals surface area contributed by atoms with Gasteiger partial charge >= 0.3 is 12.1 Å². The minimum Gasteiger partial charge on any atom is -0.490 e. The monoisotopic (exact) mass is 602 g/mol. The number of hydrogen-bond acceptors (Lipinski definition) is 8. The van der Waals surface area contributed by atoms with Crippen molar-refractivity contribution in [2.75, 3.05) is 19.7 Å². The molecule has 1 unspecified atom stereocenters. The van der Waals surface area contributed by atoms with Gasteiger partial charge in [0.05, 0.1) is 12.6 Å². The van der Waals surface area contributed by atoms with Crippen molar-refractivity contribution in [3.8, 4) is 5.75 Å². The van der Waals surface area contributed by atoms with Crippen LogP contribution in [0, 0.1) is 0 Å². The van der Waals surface area contributed by atoms with Crippen molar-refractivity contribution in [1.29, 1.82) is 0 Å². The van der Waals surface area contributed by atoms with E-state index in [1.54, 1.807) is 29.2 Å². The summed E-state index contributed by atoms with van der Waals surface area (Å²) in [7, 11) is 0. The van der Waals surface area contributed by atoms with E-state index in [0.29, 0.717) is 30.2 Å². The van der Waals surface area contributed by atoms with Gasteiger partial charge in [-0.2, -0.15) is 0 Å². The number of benzene rings is 3. The van der Waals surface area contributed by atoms with E-state index in [1.807, 2.05) is 81.4 Å². The summed E-state index contributed by atoms with van der Waals surface area (Å²) in [5.41, 5.74) is 8.07. The summed E-state index contributed by atoms with van der Waals surface area (Å²) in [6.45, 7) is 6.44. The highest BCUT2D eigenvalue weighted by atomic mass is 16.7. The normalized spacial score (nSPS) is 16.3. The zero-order valence-corrected chi connectivity index (χ0v) is 25.6. The Hall–Kier alpha value is -4.41. The van der Waals surface area contributed by atoms with Gasteiger partial charge in [0.25, 0.3) is 0 Å². The molecule has 3 aromatic carbocycles. The highest BCUT2D eigenvalue weighted by Gasteiger charge is 2.30. The molecule has 10 nitrogen and oxygen atoms in total. The third-order valence-electron chi connectivity index (χ3n) is 7.14. The summed E-state index contributed by atoms with van der Waals surface area (Å²) in [6, 6.07) is 25.8. The highest BCUT2D eigenvalue weighted by Crippen LogP contribution is 2.27. The number of nitrogens with two attached hydrogens (primary N) is 2. The summed E-state index contributed by atoms with van der Waals surface area (Å²) in [6.07, 6.45) is 0.689. The fraction of sp³-hybridized carbons (Fsp3) is 0.382. The van der Waals surface area contributed by atoms with E-state index < -0.39 is 23.8 Å². The lowest BCUT2D eigenvalue weighted by Crippen LogP contribution is -2.47. The van der Waals surface area contributed by atoms with Gasteiger partial charge in [-0.25, -0.2) is 15.5 Å². The van der Waals surface area contributed by atoms with Crippen LogP contribution in [-0.2, 0) is 19.1 Å². The first-order chi connectivity index (χ1) is 21.1. The zero-order chi connectivity index (χ0) is 31.5. The topological polar surface area (TPSA) is 139 Å². The van der Waals surface area contributed by atoms with E-state index in [1.165, 1.54) is 0 Å². The molecule has 0 aromatic heterocycles. The Bertz CT molecular complexity index is 1340. The second-order valence-electron chi connectivity index (χ2n) is 11.6. The number of amidine groups is 1. The van der Waals surface area contributed by atoms with Gasteiger partial charge in [-0.3, -0.25) is 9.83 Å². The van der Waals surface area contributed by atoms with E-state index in [0.717, 1.165) is 30.4 Å². The van der Waals surface area contributed by atoms with Crippen molar-refractivity contribution in [3.63, 3.8) is 0 Å². The summed E-state index contributed by atoms with van der Waals surface area (Å²) < 4.78 is 17.2. The largest absolute Gasteiger partial charge is 0.490 e. The van der Waals surface area contributed by atoms with Gasteiger partial charge in [0, 0.05) is 12.1 Å². The Morgan fingerprint density at radius 1 is 0.932 bits per heavy atom. The standard InChI is InChI=1S/C34H42N4O6/c1-34(2,3)43-33(40)38-21-11-10-16-27(38)22-37-31(35)26-17-19-28(20-18-26)41-23-29(44-36)32(39)42-30(24-12-6-4-7-13-24)25-14-8-5-9-15-25/h4-9,12-15,17-20,27,29-30H,10-11,16,21-23,36H2,1-3H3,(H2,35,37)/t27?,29-/m0/s1. The van der Waals surface area contributed by atoms with Gasteiger partial charge in [-0.15, -0.1) is 0 Å². The summed E-state index contributed by atoms with van der Waals surface area (Å²) in [4.78, 5) is 37.0. The molecule has 1 saturated heterocycles. The number of nitrogens with zero attached hydrogens (tertiary/aromatic N) is 2. The number of ether oxygens (including phenoxy) is 3. The molecule has 2 atom stereocenters. The summed E-state index contributed by atoms with van der Waals surface area (Å²) >= 11 is 0. The van der Waals surface area contributed by atoms with Crippen molar-refractivity contribution in [1.82, 2.24) is 4.90 Å². The predicted molar refractivity (Wildman–Crippen MR) is 168 cm³/mol. The second-order valence-corrected chi connectivity index (χ2v) is 11.6. The van der Waals surface area contributed by atoms with Crippen LogP contribution in [0.15, 0.2) is 89.9 Å². The molecule has 1 fully saturated rings. The smallest absolute Gasteiger partial charge is 0.410 e. The molecule has 1 heterocycles. The molecule has 1 amide bonds. The molecule has 0 aliphatic carbocycles. The Morgan fingerprint density at radius 2 is 1.55 bits per heavy atom. The average molecular weight is 603 g/mol. The van der Waals surface area contributed by atoms with Gasteiger partial charge < -0.3 is 24.8 Å². The van der Waals surface area contributed by atoms with Crippen molar-refractivity contribution in [2.45, 2.75) is 63.9 Å². The van der Waals surface area contributed by atoms with Crippen LogP contribution in [0.1, 0.15) is 62.8 Å². The number of hydrogen-bond donors (Lipinski definition) is 2. The van der Waals surface area contributed by atoms with Gasteiger partial charge in [-0.1, -0.05) is 60.7 Å². The molecule has 10 heteroatoms. The van der Waals surface area contributed by atoms with Gasteiger partial charge in [0.15, 0.2) is 6.10 Å². The number of piperidine rings is 1. The molecular formula is C34H42N4O6. The molecule has 234 valence electrons. The lowest BCUT2D eigenvalue weighted by atomic mass is 10.0. The maximum Gasteiger partial charge on any atom is 0.410 e. The van der Waals surface area contributed by atoms with Crippen molar-refractivity contribution in [2.24, 2.45) is 16.6 Å². The number of aliphatic imine (C=N–C) groups is 1. The number of rotatable bonds is 11. The number of likely N-dealkylation sites (tertiary alicyclic amines) is 1. The van der Waals surface area contributed by atoms with Crippen molar-refractivity contribution in [3.05, 3.63) is 102 Å². The van der Waals surface area contributed by atoms with Crippen LogP contribution in [-0.4, -0.2) is 60.2 Å². The summed E-state index contributed by atoms with van der Waals surface area (Å²) in [5.74, 6) is 5.65. The fourth-order valence-corrected chi connectivity index (χ4v) is 4.88.